The van der Waals surface area contributed by atoms with Gasteiger partial charge in [-0.05, 0) is 19.4 Å². The number of hydrogen-bond acceptors (Lipinski definition) is 3. The van der Waals surface area contributed by atoms with Crippen LogP contribution in [0.2, 0.25) is 0 Å². The first kappa shape index (κ1) is 9.21. The van der Waals surface area contributed by atoms with Crippen LogP contribution in [0.25, 0.3) is 0 Å². The van der Waals surface area contributed by atoms with E-state index in [1.807, 2.05) is 6.20 Å². The number of nitrogens with zero attached hydrogens (tertiary/aromatic N) is 2. The van der Waals surface area contributed by atoms with Gasteiger partial charge in [-0.25, -0.2) is 4.68 Å². The molecule has 4 nitrogen and oxygen atoms in total. The lowest BCUT2D eigenvalue weighted by Crippen LogP contribution is -2.44. The molecule has 1 fully saturated rings. The van der Waals surface area contributed by atoms with Crippen LogP contribution >= 0.6 is 0 Å². The van der Waals surface area contributed by atoms with Crippen molar-refractivity contribution in [1.29, 1.82) is 0 Å². The van der Waals surface area contributed by atoms with Crippen LogP contribution in [0.3, 0.4) is 0 Å². The summed E-state index contributed by atoms with van der Waals surface area (Å²) < 4.78 is 2.22. The molecule has 0 amide bonds. The molecule has 0 saturated carbocycles. The monoisotopic (exact) mass is 206 g/mol. The largest absolute Gasteiger partial charge is 0.370 e. The molecule has 1 saturated heterocycles. The number of rotatable bonds is 1. The molecule has 2 aliphatic heterocycles. The first-order valence-corrected chi connectivity index (χ1v) is 5.91. The quantitative estimate of drug-likeness (QED) is 0.721. The molecule has 2 aliphatic rings. The average molecular weight is 206 g/mol. The second kappa shape index (κ2) is 3.52. The normalized spacial score (nSPS) is 29.1. The lowest BCUT2D eigenvalue weighted by molar-refractivity contribution is 0.237. The van der Waals surface area contributed by atoms with Crippen molar-refractivity contribution in [2.75, 3.05) is 25.0 Å². The molecule has 1 aromatic heterocycles. The fraction of sp³-hybridized carbons (Fsp3) is 0.727. The van der Waals surface area contributed by atoms with E-state index in [9.17, 15) is 0 Å². The first-order valence-electron chi connectivity index (χ1n) is 5.91. The molecule has 3 heterocycles. The third kappa shape index (κ3) is 1.35. The molecule has 0 aliphatic carbocycles. The molecule has 3 rings (SSSR count). The van der Waals surface area contributed by atoms with Gasteiger partial charge < -0.3 is 10.6 Å². The maximum atomic E-state index is 4.54. The zero-order valence-corrected chi connectivity index (χ0v) is 9.16. The van der Waals surface area contributed by atoms with Gasteiger partial charge in [-0.1, -0.05) is 6.92 Å². The van der Waals surface area contributed by atoms with Gasteiger partial charge in [0.15, 0.2) is 0 Å². The summed E-state index contributed by atoms with van der Waals surface area (Å²) in [4.78, 5) is 0. The van der Waals surface area contributed by atoms with Crippen molar-refractivity contribution in [3.63, 3.8) is 0 Å². The predicted molar refractivity (Wildman–Crippen MR) is 60.1 cm³/mol. The number of aromatic nitrogens is 2. The number of fused-ring (bicyclic) bond motifs is 3. The number of aryl methyl sites for hydroxylation is 1. The Kier molecular flexibility index (Phi) is 2.16. The van der Waals surface area contributed by atoms with Crippen LogP contribution < -0.4 is 10.6 Å². The van der Waals surface area contributed by atoms with Gasteiger partial charge in [-0.2, -0.15) is 5.10 Å². The summed E-state index contributed by atoms with van der Waals surface area (Å²) in [5.41, 5.74) is 1.35. The van der Waals surface area contributed by atoms with Crippen LogP contribution in [0.5, 0.6) is 0 Å². The molecule has 1 aromatic rings. The van der Waals surface area contributed by atoms with Crippen LogP contribution in [0.15, 0.2) is 6.20 Å². The highest BCUT2D eigenvalue weighted by Gasteiger charge is 2.32. The summed E-state index contributed by atoms with van der Waals surface area (Å²) in [6, 6.07) is 0.614. The van der Waals surface area contributed by atoms with Gasteiger partial charge in [0.25, 0.3) is 0 Å². The van der Waals surface area contributed by atoms with Crippen LogP contribution in [0, 0.1) is 5.92 Å². The maximum Gasteiger partial charge on any atom is 0.127 e. The molecular weight excluding hydrogens is 188 g/mol. The van der Waals surface area contributed by atoms with E-state index in [2.05, 4.69) is 27.3 Å². The average Bonchev–Trinajstić information content (AvgIpc) is 2.72. The van der Waals surface area contributed by atoms with Gasteiger partial charge in [0, 0.05) is 24.6 Å². The van der Waals surface area contributed by atoms with E-state index in [4.69, 9.17) is 0 Å². The summed E-state index contributed by atoms with van der Waals surface area (Å²) in [6.45, 7) is 5.53. The highest BCUT2D eigenvalue weighted by atomic mass is 15.4. The Morgan fingerprint density at radius 1 is 1.53 bits per heavy atom. The van der Waals surface area contributed by atoms with Crippen LogP contribution in [-0.4, -0.2) is 29.4 Å². The number of anilines is 1. The minimum Gasteiger partial charge on any atom is -0.370 e. The van der Waals surface area contributed by atoms with E-state index < -0.39 is 0 Å². The second-order valence-electron chi connectivity index (χ2n) is 4.52. The third-order valence-corrected chi connectivity index (χ3v) is 3.67. The fourth-order valence-corrected chi connectivity index (χ4v) is 2.77. The van der Waals surface area contributed by atoms with Crippen LogP contribution in [0.4, 0.5) is 5.82 Å². The fourth-order valence-electron chi connectivity index (χ4n) is 2.77. The zero-order valence-electron chi connectivity index (χ0n) is 9.16. The Bertz CT molecular complexity index is 357. The second-order valence-corrected chi connectivity index (χ2v) is 4.52. The number of hydrogen-bond donors (Lipinski definition) is 2. The van der Waals surface area contributed by atoms with Crippen molar-refractivity contribution in [1.82, 2.24) is 15.1 Å². The van der Waals surface area contributed by atoms with Gasteiger partial charge in [-0.3, -0.25) is 0 Å². The molecule has 0 bridgehead atoms. The smallest absolute Gasteiger partial charge is 0.127 e. The van der Waals surface area contributed by atoms with Crippen molar-refractivity contribution < 1.29 is 0 Å². The minimum atomic E-state index is 0.614. The van der Waals surface area contributed by atoms with Crippen LogP contribution in [-0.2, 0) is 6.42 Å². The molecule has 4 heteroatoms. The minimum absolute atomic E-state index is 0.614. The Morgan fingerprint density at radius 3 is 3.33 bits per heavy atom. The van der Waals surface area contributed by atoms with Crippen molar-refractivity contribution >= 4 is 5.82 Å². The lowest BCUT2D eigenvalue weighted by atomic mass is 9.92. The van der Waals surface area contributed by atoms with E-state index in [0.717, 1.165) is 26.1 Å². The Labute approximate surface area is 90.0 Å². The number of nitrogens with one attached hydrogen (secondary N) is 2. The van der Waals surface area contributed by atoms with E-state index in [1.165, 1.54) is 17.8 Å². The standard InChI is InChI=1S/C11H18N4/c1-2-8-7-14-15-10-3-4-12-5-9(10)6-13-11(8)15/h7,9-10,12-13H,2-6H2,1H3. The van der Waals surface area contributed by atoms with Gasteiger partial charge in [0.1, 0.15) is 5.82 Å². The SMILES string of the molecule is CCc1cnn2c1NCC1CNCCC12. The molecule has 0 radical (unpaired) electrons. The summed E-state index contributed by atoms with van der Waals surface area (Å²) in [5, 5.41) is 11.5. The molecular formula is C11H18N4. The molecule has 82 valence electrons. The molecule has 2 atom stereocenters. The summed E-state index contributed by atoms with van der Waals surface area (Å²) in [5.74, 6) is 1.97. The summed E-state index contributed by atoms with van der Waals surface area (Å²) in [7, 11) is 0. The maximum absolute atomic E-state index is 4.54. The van der Waals surface area contributed by atoms with Gasteiger partial charge in [-0.15, -0.1) is 0 Å². The van der Waals surface area contributed by atoms with Crippen LogP contribution in [0.1, 0.15) is 24.9 Å². The van der Waals surface area contributed by atoms with Gasteiger partial charge in [0.2, 0.25) is 0 Å². The van der Waals surface area contributed by atoms with E-state index in [1.54, 1.807) is 0 Å². The topological polar surface area (TPSA) is 41.9 Å². The molecule has 0 spiro atoms. The zero-order chi connectivity index (χ0) is 10.3. The van der Waals surface area contributed by atoms with Gasteiger partial charge >= 0.3 is 0 Å². The van der Waals surface area contributed by atoms with Gasteiger partial charge in [0.05, 0.1) is 12.2 Å². The predicted octanol–water partition coefficient (Wildman–Crippen LogP) is 1.02. The summed E-state index contributed by atoms with van der Waals surface area (Å²) in [6.07, 6.45) is 4.30. The van der Waals surface area contributed by atoms with E-state index in [-0.39, 0.29) is 0 Å². The Balaban J connectivity index is 1.97. The third-order valence-electron chi connectivity index (χ3n) is 3.67. The van der Waals surface area contributed by atoms with Crippen molar-refractivity contribution in [3.05, 3.63) is 11.8 Å². The highest BCUT2D eigenvalue weighted by Crippen LogP contribution is 2.33. The molecule has 2 unspecified atom stereocenters. The molecule has 15 heavy (non-hydrogen) atoms. The summed E-state index contributed by atoms with van der Waals surface area (Å²) >= 11 is 0. The lowest BCUT2D eigenvalue weighted by Gasteiger charge is -2.37. The Hall–Kier alpha value is -1.03. The number of piperidine rings is 1. The highest BCUT2D eigenvalue weighted by molar-refractivity contribution is 5.46. The van der Waals surface area contributed by atoms with Crippen molar-refractivity contribution in [3.8, 4) is 0 Å². The Morgan fingerprint density at radius 2 is 2.47 bits per heavy atom. The van der Waals surface area contributed by atoms with E-state index in [0.29, 0.717) is 12.0 Å². The van der Waals surface area contributed by atoms with E-state index >= 15 is 0 Å². The van der Waals surface area contributed by atoms with Crippen molar-refractivity contribution in [2.45, 2.75) is 25.8 Å². The molecule has 2 N–H and O–H groups in total. The first-order chi connectivity index (χ1) is 7.40. The van der Waals surface area contributed by atoms with Crippen molar-refractivity contribution in [2.24, 2.45) is 5.92 Å². The molecule has 0 aromatic carbocycles.